The molecule has 0 atom stereocenters. The molecule has 0 amide bonds. The Morgan fingerprint density at radius 3 is 2.53 bits per heavy atom. The van der Waals surface area contributed by atoms with Crippen LogP contribution in [0.4, 0.5) is 4.79 Å². The number of hydrogen-bond donors (Lipinski definition) is 1. The Balaban J connectivity index is 1.85. The third-order valence-corrected chi connectivity index (χ3v) is 2.85. The molecular formula is C11H20O4. The maximum absolute atomic E-state index is 10.0. The molecule has 0 unspecified atom stereocenters. The zero-order valence-corrected chi connectivity index (χ0v) is 9.11. The van der Waals surface area contributed by atoms with E-state index in [1.807, 2.05) is 0 Å². The van der Waals surface area contributed by atoms with Crippen LogP contribution in [0.3, 0.4) is 0 Å². The molecule has 0 bridgehead atoms. The first-order valence-corrected chi connectivity index (χ1v) is 5.72. The van der Waals surface area contributed by atoms with Crippen LogP contribution in [-0.2, 0) is 9.47 Å². The predicted octanol–water partition coefficient (Wildman–Crippen LogP) is 2.67. The summed E-state index contributed by atoms with van der Waals surface area (Å²) >= 11 is 0. The molecule has 0 aliphatic heterocycles. The summed E-state index contributed by atoms with van der Waals surface area (Å²) in [6.45, 7) is 1.24. The lowest BCUT2D eigenvalue weighted by Gasteiger charge is -2.21. The molecule has 0 heterocycles. The minimum absolute atomic E-state index is 0.139. The number of ether oxygens (including phenoxy) is 2. The van der Waals surface area contributed by atoms with E-state index >= 15 is 0 Å². The van der Waals surface area contributed by atoms with Gasteiger partial charge in [0.2, 0.25) is 0 Å². The summed E-state index contributed by atoms with van der Waals surface area (Å²) in [6, 6.07) is 0. The first-order chi connectivity index (χ1) is 7.29. The molecule has 1 N–H and O–H groups in total. The molecule has 1 fully saturated rings. The second kappa shape index (κ2) is 7.51. The minimum atomic E-state index is -1.23. The van der Waals surface area contributed by atoms with Crippen LogP contribution in [-0.4, -0.2) is 31.1 Å². The summed E-state index contributed by atoms with van der Waals surface area (Å²) in [5, 5.41) is 8.20. The van der Waals surface area contributed by atoms with Gasteiger partial charge in [-0.05, 0) is 12.3 Å². The highest BCUT2D eigenvalue weighted by Crippen LogP contribution is 2.25. The summed E-state index contributed by atoms with van der Waals surface area (Å²) < 4.78 is 9.62. The first kappa shape index (κ1) is 12.3. The number of hydrogen-bond acceptors (Lipinski definition) is 3. The average Bonchev–Trinajstić information content (AvgIpc) is 2.24. The quantitative estimate of drug-likeness (QED) is 0.548. The Morgan fingerprint density at radius 1 is 1.13 bits per heavy atom. The van der Waals surface area contributed by atoms with Gasteiger partial charge in [-0.1, -0.05) is 32.1 Å². The van der Waals surface area contributed by atoms with Crippen LogP contribution in [0.25, 0.3) is 0 Å². The van der Waals surface area contributed by atoms with Gasteiger partial charge >= 0.3 is 6.16 Å². The zero-order valence-electron chi connectivity index (χ0n) is 9.11. The van der Waals surface area contributed by atoms with Crippen molar-refractivity contribution < 1.29 is 19.4 Å². The van der Waals surface area contributed by atoms with Gasteiger partial charge in [-0.15, -0.1) is 0 Å². The van der Waals surface area contributed by atoms with Crippen LogP contribution in [0.5, 0.6) is 0 Å². The van der Waals surface area contributed by atoms with E-state index in [1.54, 1.807) is 0 Å². The second-order valence-electron chi connectivity index (χ2n) is 4.02. The van der Waals surface area contributed by atoms with Crippen molar-refractivity contribution in [2.45, 2.75) is 38.5 Å². The predicted molar refractivity (Wildman–Crippen MR) is 56.0 cm³/mol. The van der Waals surface area contributed by atoms with Crippen molar-refractivity contribution in [1.82, 2.24) is 0 Å². The molecule has 0 aromatic heterocycles. The van der Waals surface area contributed by atoms with E-state index in [1.165, 1.54) is 32.1 Å². The Labute approximate surface area is 90.6 Å². The van der Waals surface area contributed by atoms with Gasteiger partial charge in [0, 0.05) is 6.61 Å². The number of carboxylic acid groups (broad SMARTS) is 1. The van der Waals surface area contributed by atoms with E-state index in [0.717, 1.165) is 18.9 Å². The van der Waals surface area contributed by atoms with E-state index in [9.17, 15) is 4.79 Å². The van der Waals surface area contributed by atoms with Gasteiger partial charge in [0.25, 0.3) is 0 Å². The van der Waals surface area contributed by atoms with Crippen LogP contribution in [0, 0.1) is 5.92 Å². The molecule has 1 rings (SSSR count). The molecule has 88 valence electrons. The SMILES string of the molecule is O=C(O)OCCOCCC1CCCCC1. The highest BCUT2D eigenvalue weighted by molar-refractivity contribution is 5.56. The largest absolute Gasteiger partial charge is 0.505 e. The molecular weight excluding hydrogens is 196 g/mol. The van der Waals surface area contributed by atoms with Crippen molar-refractivity contribution in [3.8, 4) is 0 Å². The fourth-order valence-electron chi connectivity index (χ4n) is 2.02. The Morgan fingerprint density at radius 2 is 1.87 bits per heavy atom. The maximum atomic E-state index is 10.0. The molecule has 1 aliphatic rings. The molecule has 0 aromatic carbocycles. The van der Waals surface area contributed by atoms with Crippen molar-refractivity contribution in [2.75, 3.05) is 19.8 Å². The van der Waals surface area contributed by atoms with E-state index in [2.05, 4.69) is 4.74 Å². The standard InChI is InChI=1S/C11H20O4/c12-11(13)15-9-8-14-7-6-10-4-2-1-3-5-10/h10H,1-9H2,(H,12,13). The van der Waals surface area contributed by atoms with Crippen molar-refractivity contribution in [1.29, 1.82) is 0 Å². The van der Waals surface area contributed by atoms with Gasteiger partial charge in [-0.3, -0.25) is 0 Å². The lowest BCUT2D eigenvalue weighted by Crippen LogP contribution is -2.12. The van der Waals surface area contributed by atoms with Crippen molar-refractivity contribution in [3.63, 3.8) is 0 Å². The summed E-state index contributed by atoms with van der Waals surface area (Å²) in [4.78, 5) is 10.0. The van der Waals surface area contributed by atoms with E-state index in [4.69, 9.17) is 9.84 Å². The van der Waals surface area contributed by atoms with Crippen molar-refractivity contribution in [3.05, 3.63) is 0 Å². The van der Waals surface area contributed by atoms with Gasteiger partial charge < -0.3 is 14.6 Å². The van der Waals surface area contributed by atoms with E-state index in [0.29, 0.717) is 6.61 Å². The van der Waals surface area contributed by atoms with Gasteiger partial charge in [0.1, 0.15) is 6.61 Å². The normalized spacial score (nSPS) is 17.6. The van der Waals surface area contributed by atoms with Gasteiger partial charge in [-0.2, -0.15) is 0 Å². The summed E-state index contributed by atoms with van der Waals surface area (Å²) in [7, 11) is 0. The maximum Gasteiger partial charge on any atom is 0.505 e. The third-order valence-electron chi connectivity index (χ3n) is 2.85. The topological polar surface area (TPSA) is 55.8 Å². The van der Waals surface area contributed by atoms with Crippen molar-refractivity contribution >= 4 is 6.16 Å². The fraction of sp³-hybridized carbons (Fsp3) is 0.909. The molecule has 15 heavy (non-hydrogen) atoms. The highest BCUT2D eigenvalue weighted by Gasteiger charge is 2.12. The molecule has 0 radical (unpaired) electrons. The summed E-state index contributed by atoms with van der Waals surface area (Å²) in [5.74, 6) is 0.819. The smallest absolute Gasteiger partial charge is 0.450 e. The molecule has 1 aliphatic carbocycles. The molecule has 1 saturated carbocycles. The van der Waals surface area contributed by atoms with Gasteiger partial charge in [-0.25, -0.2) is 4.79 Å². The second-order valence-corrected chi connectivity index (χ2v) is 4.02. The molecule has 4 nitrogen and oxygen atoms in total. The zero-order chi connectivity index (χ0) is 10.9. The van der Waals surface area contributed by atoms with Crippen LogP contribution in [0.1, 0.15) is 38.5 Å². The fourth-order valence-corrected chi connectivity index (χ4v) is 2.02. The number of rotatable bonds is 6. The van der Waals surface area contributed by atoms with E-state index < -0.39 is 6.16 Å². The van der Waals surface area contributed by atoms with Crippen molar-refractivity contribution in [2.24, 2.45) is 5.92 Å². The minimum Gasteiger partial charge on any atom is -0.450 e. The first-order valence-electron chi connectivity index (χ1n) is 5.72. The van der Waals surface area contributed by atoms with Gasteiger partial charge in [0.15, 0.2) is 0 Å². The van der Waals surface area contributed by atoms with Crippen LogP contribution < -0.4 is 0 Å². The number of carbonyl (C=O) groups is 1. The van der Waals surface area contributed by atoms with Crippen LogP contribution in [0.2, 0.25) is 0 Å². The van der Waals surface area contributed by atoms with Gasteiger partial charge in [0.05, 0.1) is 6.61 Å². The lowest BCUT2D eigenvalue weighted by atomic mass is 9.87. The van der Waals surface area contributed by atoms with Crippen LogP contribution in [0.15, 0.2) is 0 Å². The monoisotopic (exact) mass is 216 g/mol. The molecule has 0 aromatic rings. The average molecular weight is 216 g/mol. The highest BCUT2D eigenvalue weighted by atomic mass is 16.7. The Hall–Kier alpha value is -0.770. The lowest BCUT2D eigenvalue weighted by molar-refractivity contribution is 0.0427. The Kier molecular flexibility index (Phi) is 6.16. The Bertz CT molecular complexity index is 175. The molecule has 4 heteroatoms. The molecule has 0 saturated heterocycles. The summed E-state index contributed by atoms with van der Waals surface area (Å²) in [5.41, 5.74) is 0. The third kappa shape index (κ3) is 6.33. The van der Waals surface area contributed by atoms with Crippen LogP contribution >= 0.6 is 0 Å². The molecule has 0 spiro atoms. The van der Waals surface area contributed by atoms with E-state index in [-0.39, 0.29) is 6.61 Å². The summed E-state index contributed by atoms with van der Waals surface area (Å²) in [6.07, 6.45) is 6.62.